The molecule has 94 valence electrons. The van der Waals surface area contributed by atoms with Crippen molar-refractivity contribution in [2.75, 3.05) is 6.54 Å². The van der Waals surface area contributed by atoms with Crippen molar-refractivity contribution in [3.8, 4) is 0 Å². The molecule has 0 radical (unpaired) electrons. The highest BCUT2D eigenvalue weighted by Crippen LogP contribution is 2.46. The van der Waals surface area contributed by atoms with E-state index in [0.29, 0.717) is 17.5 Å². The van der Waals surface area contributed by atoms with Crippen molar-refractivity contribution in [2.24, 2.45) is 5.41 Å². The van der Waals surface area contributed by atoms with Gasteiger partial charge in [-0.2, -0.15) is 0 Å². The summed E-state index contributed by atoms with van der Waals surface area (Å²) in [5.74, 6) is 0. The van der Waals surface area contributed by atoms with Crippen LogP contribution in [0.2, 0.25) is 0 Å². The standard InChI is InChI=1S/C14H23N3/c1-14(2)7-3-6-13(14)17-10-15-9-12(17)11-5-4-8-16-11/h9-11,13,16H,3-8H2,1-2H3. The summed E-state index contributed by atoms with van der Waals surface area (Å²) in [6.07, 6.45) is 10.7. The van der Waals surface area contributed by atoms with Gasteiger partial charge in [-0.3, -0.25) is 0 Å². The molecule has 0 amide bonds. The van der Waals surface area contributed by atoms with E-state index < -0.39 is 0 Å². The normalized spacial score (nSPS) is 32.1. The van der Waals surface area contributed by atoms with E-state index >= 15 is 0 Å². The van der Waals surface area contributed by atoms with Gasteiger partial charge < -0.3 is 9.88 Å². The van der Waals surface area contributed by atoms with Crippen LogP contribution in [0.25, 0.3) is 0 Å². The fourth-order valence-electron chi connectivity index (χ4n) is 3.61. The van der Waals surface area contributed by atoms with Crippen molar-refractivity contribution < 1.29 is 0 Å². The third-order valence-corrected chi connectivity index (χ3v) is 4.65. The molecule has 3 heteroatoms. The van der Waals surface area contributed by atoms with Gasteiger partial charge in [0.05, 0.1) is 12.0 Å². The lowest BCUT2D eigenvalue weighted by Gasteiger charge is -2.30. The Morgan fingerprint density at radius 1 is 1.35 bits per heavy atom. The second kappa shape index (κ2) is 4.13. The molecule has 1 saturated heterocycles. The molecule has 0 spiro atoms. The van der Waals surface area contributed by atoms with Crippen molar-refractivity contribution in [2.45, 2.75) is 58.0 Å². The van der Waals surface area contributed by atoms with E-state index in [4.69, 9.17) is 0 Å². The Bertz CT molecular complexity index is 388. The molecule has 2 fully saturated rings. The molecule has 2 atom stereocenters. The molecule has 3 rings (SSSR count). The van der Waals surface area contributed by atoms with E-state index in [1.165, 1.54) is 37.8 Å². The number of nitrogens with one attached hydrogen (secondary N) is 1. The van der Waals surface area contributed by atoms with Crippen LogP contribution >= 0.6 is 0 Å². The molecule has 3 nitrogen and oxygen atoms in total. The maximum absolute atomic E-state index is 4.40. The molecule has 1 aliphatic heterocycles. The van der Waals surface area contributed by atoms with Gasteiger partial charge in [0.2, 0.25) is 0 Å². The zero-order chi connectivity index (χ0) is 11.9. The summed E-state index contributed by atoms with van der Waals surface area (Å²) < 4.78 is 2.45. The van der Waals surface area contributed by atoms with Gasteiger partial charge in [0, 0.05) is 18.3 Å². The lowest BCUT2D eigenvalue weighted by Crippen LogP contribution is -2.25. The lowest BCUT2D eigenvalue weighted by atomic mass is 9.87. The van der Waals surface area contributed by atoms with Gasteiger partial charge in [0.1, 0.15) is 0 Å². The van der Waals surface area contributed by atoms with E-state index in [-0.39, 0.29) is 0 Å². The van der Waals surface area contributed by atoms with Crippen molar-refractivity contribution in [3.63, 3.8) is 0 Å². The number of aromatic nitrogens is 2. The first-order chi connectivity index (χ1) is 8.18. The summed E-state index contributed by atoms with van der Waals surface area (Å²) in [5, 5.41) is 3.59. The minimum atomic E-state index is 0.425. The van der Waals surface area contributed by atoms with Crippen LogP contribution in [0.3, 0.4) is 0 Å². The fourth-order valence-corrected chi connectivity index (χ4v) is 3.61. The Kier molecular flexibility index (Phi) is 2.74. The highest BCUT2D eigenvalue weighted by molar-refractivity contribution is 5.10. The molecule has 1 aromatic heterocycles. The van der Waals surface area contributed by atoms with E-state index in [0.717, 1.165) is 6.54 Å². The molecule has 1 saturated carbocycles. The van der Waals surface area contributed by atoms with E-state index in [2.05, 4.69) is 34.9 Å². The van der Waals surface area contributed by atoms with Crippen LogP contribution in [0.1, 0.15) is 63.7 Å². The summed E-state index contributed by atoms with van der Waals surface area (Å²) in [6, 6.07) is 1.18. The fraction of sp³-hybridized carbons (Fsp3) is 0.786. The predicted octanol–water partition coefficient (Wildman–Crippen LogP) is 3.06. The maximum Gasteiger partial charge on any atom is 0.0951 e. The quantitative estimate of drug-likeness (QED) is 0.851. The second-order valence-electron chi connectivity index (χ2n) is 6.27. The molecule has 1 aliphatic carbocycles. The minimum absolute atomic E-state index is 0.425. The van der Waals surface area contributed by atoms with Gasteiger partial charge in [-0.05, 0) is 37.6 Å². The third kappa shape index (κ3) is 1.90. The summed E-state index contributed by atoms with van der Waals surface area (Å²) in [6.45, 7) is 5.96. The largest absolute Gasteiger partial charge is 0.330 e. The van der Waals surface area contributed by atoms with Crippen LogP contribution < -0.4 is 5.32 Å². The van der Waals surface area contributed by atoms with Crippen molar-refractivity contribution in [1.82, 2.24) is 14.9 Å². The van der Waals surface area contributed by atoms with Crippen LogP contribution in [0.5, 0.6) is 0 Å². The topological polar surface area (TPSA) is 29.9 Å². The van der Waals surface area contributed by atoms with E-state index in [9.17, 15) is 0 Å². The Hall–Kier alpha value is -0.830. The molecule has 2 heterocycles. The third-order valence-electron chi connectivity index (χ3n) is 4.65. The first kappa shape index (κ1) is 11.3. The molecule has 2 aliphatic rings. The zero-order valence-electron chi connectivity index (χ0n) is 10.9. The first-order valence-corrected chi connectivity index (χ1v) is 6.93. The number of rotatable bonds is 2. The SMILES string of the molecule is CC1(C)CCCC1n1cncc1C1CCCN1. The average Bonchev–Trinajstić information content (AvgIpc) is 2.94. The molecular formula is C14H23N3. The minimum Gasteiger partial charge on any atom is -0.330 e. The van der Waals surface area contributed by atoms with Crippen LogP contribution in [0.4, 0.5) is 0 Å². The van der Waals surface area contributed by atoms with Gasteiger partial charge in [-0.1, -0.05) is 20.3 Å². The Balaban J connectivity index is 1.90. The Labute approximate surface area is 104 Å². The summed E-state index contributed by atoms with van der Waals surface area (Å²) in [4.78, 5) is 4.40. The number of hydrogen-bond acceptors (Lipinski definition) is 2. The van der Waals surface area contributed by atoms with Crippen molar-refractivity contribution in [3.05, 3.63) is 18.2 Å². The van der Waals surface area contributed by atoms with Crippen LogP contribution in [0, 0.1) is 5.41 Å². The molecule has 1 N–H and O–H groups in total. The first-order valence-electron chi connectivity index (χ1n) is 6.93. The number of nitrogens with zero attached hydrogens (tertiary/aromatic N) is 2. The number of hydrogen-bond donors (Lipinski definition) is 1. The van der Waals surface area contributed by atoms with Gasteiger partial charge in [0.25, 0.3) is 0 Å². The Morgan fingerprint density at radius 2 is 2.24 bits per heavy atom. The lowest BCUT2D eigenvalue weighted by molar-refractivity contribution is 0.253. The molecule has 17 heavy (non-hydrogen) atoms. The summed E-state index contributed by atoms with van der Waals surface area (Å²) in [5.41, 5.74) is 1.83. The van der Waals surface area contributed by atoms with Crippen LogP contribution in [-0.2, 0) is 0 Å². The van der Waals surface area contributed by atoms with Gasteiger partial charge >= 0.3 is 0 Å². The zero-order valence-corrected chi connectivity index (χ0v) is 10.9. The average molecular weight is 233 g/mol. The van der Waals surface area contributed by atoms with Crippen LogP contribution in [0.15, 0.2) is 12.5 Å². The molecule has 0 aromatic carbocycles. The van der Waals surface area contributed by atoms with Gasteiger partial charge in [-0.15, -0.1) is 0 Å². The predicted molar refractivity (Wildman–Crippen MR) is 68.9 cm³/mol. The molecular weight excluding hydrogens is 210 g/mol. The summed E-state index contributed by atoms with van der Waals surface area (Å²) >= 11 is 0. The highest BCUT2D eigenvalue weighted by Gasteiger charge is 2.37. The molecule has 2 unspecified atom stereocenters. The number of imidazole rings is 1. The Morgan fingerprint density at radius 3 is 2.88 bits per heavy atom. The van der Waals surface area contributed by atoms with E-state index in [1.807, 2.05) is 6.33 Å². The molecule has 1 aromatic rings. The van der Waals surface area contributed by atoms with E-state index in [1.54, 1.807) is 0 Å². The van der Waals surface area contributed by atoms with Crippen molar-refractivity contribution in [1.29, 1.82) is 0 Å². The molecule has 0 bridgehead atoms. The summed E-state index contributed by atoms with van der Waals surface area (Å²) in [7, 11) is 0. The highest BCUT2D eigenvalue weighted by atomic mass is 15.1. The van der Waals surface area contributed by atoms with Crippen molar-refractivity contribution >= 4 is 0 Å². The second-order valence-corrected chi connectivity index (χ2v) is 6.27. The van der Waals surface area contributed by atoms with Gasteiger partial charge in [0.15, 0.2) is 0 Å². The smallest absolute Gasteiger partial charge is 0.0951 e. The maximum atomic E-state index is 4.40. The van der Waals surface area contributed by atoms with Gasteiger partial charge in [-0.25, -0.2) is 4.98 Å². The monoisotopic (exact) mass is 233 g/mol. The van der Waals surface area contributed by atoms with Crippen LogP contribution in [-0.4, -0.2) is 16.1 Å².